The number of benzene rings is 1. The molecule has 1 nitrogen and oxygen atoms in total. The van der Waals surface area contributed by atoms with Gasteiger partial charge in [-0.05, 0) is 48.4 Å². The first-order chi connectivity index (χ1) is 7.70. The molecule has 88 valence electrons. The molecule has 1 unspecified atom stereocenters. The molecule has 1 aliphatic carbocycles. The van der Waals surface area contributed by atoms with Gasteiger partial charge in [0.05, 0.1) is 0 Å². The lowest BCUT2D eigenvalue weighted by atomic mass is 9.98. The predicted molar refractivity (Wildman–Crippen MR) is 69.7 cm³/mol. The molecule has 0 aromatic heterocycles. The van der Waals surface area contributed by atoms with Gasteiger partial charge in [0.2, 0.25) is 0 Å². The molecular weight excluding hydrogens is 194 g/mol. The first-order valence-corrected chi connectivity index (χ1v) is 6.55. The molecule has 0 fully saturated rings. The fourth-order valence-electron chi connectivity index (χ4n) is 2.71. The Bertz CT molecular complexity index is 352. The topological polar surface area (TPSA) is 12.0 Å². The molecule has 2 rings (SSSR count). The van der Waals surface area contributed by atoms with Gasteiger partial charge in [-0.1, -0.05) is 39.0 Å². The lowest BCUT2D eigenvalue weighted by Gasteiger charge is -2.14. The second-order valence-corrected chi connectivity index (χ2v) is 5.28. The molecule has 0 spiro atoms. The summed E-state index contributed by atoms with van der Waals surface area (Å²) in [7, 11) is 0. The number of fused-ring (bicyclic) bond motifs is 1. The molecular formula is C15H23N. The minimum absolute atomic E-state index is 0.604. The van der Waals surface area contributed by atoms with Crippen LogP contribution in [0, 0.1) is 5.92 Å². The van der Waals surface area contributed by atoms with Crippen molar-refractivity contribution in [3.05, 3.63) is 34.9 Å². The molecule has 0 aliphatic heterocycles. The van der Waals surface area contributed by atoms with Crippen LogP contribution in [0.2, 0.25) is 0 Å². The van der Waals surface area contributed by atoms with E-state index in [1.54, 1.807) is 11.1 Å². The number of rotatable bonds is 4. The summed E-state index contributed by atoms with van der Waals surface area (Å²) in [5.41, 5.74) is 4.61. The maximum Gasteiger partial charge on any atom is 0.0326 e. The van der Waals surface area contributed by atoms with Gasteiger partial charge in [-0.2, -0.15) is 0 Å². The summed E-state index contributed by atoms with van der Waals surface area (Å²) in [4.78, 5) is 0. The van der Waals surface area contributed by atoms with E-state index in [2.05, 4.69) is 44.3 Å². The van der Waals surface area contributed by atoms with Gasteiger partial charge in [0.1, 0.15) is 0 Å². The van der Waals surface area contributed by atoms with Crippen LogP contribution in [-0.2, 0) is 12.8 Å². The SMILES string of the molecule is CCNC1CCc2ccc(CC(C)C)cc21. The Kier molecular flexibility index (Phi) is 3.65. The molecule has 0 heterocycles. The lowest BCUT2D eigenvalue weighted by Crippen LogP contribution is -2.18. The van der Waals surface area contributed by atoms with Crippen LogP contribution in [0.15, 0.2) is 18.2 Å². The molecule has 1 atom stereocenters. The average Bonchev–Trinajstić information content (AvgIpc) is 2.61. The van der Waals surface area contributed by atoms with Crippen LogP contribution >= 0.6 is 0 Å². The van der Waals surface area contributed by atoms with Crippen LogP contribution < -0.4 is 5.32 Å². The zero-order chi connectivity index (χ0) is 11.5. The fourth-order valence-corrected chi connectivity index (χ4v) is 2.71. The molecule has 1 heteroatoms. The Hall–Kier alpha value is -0.820. The summed E-state index contributed by atoms with van der Waals surface area (Å²) >= 11 is 0. The van der Waals surface area contributed by atoms with Gasteiger partial charge in [-0.3, -0.25) is 0 Å². The van der Waals surface area contributed by atoms with Crippen LogP contribution in [0.5, 0.6) is 0 Å². The largest absolute Gasteiger partial charge is 0.310 e. The van der Waals surface area contributed by atoms with Crippen LogP contribution in [0.4, 0.5) is 0 Å². The Morgan fingerprint density at radius 3 is 2.88 bits per heavy atom. The van der Waals surface area contributed by atoms with E-state index in [1.165, 1.54) is 24.8 Å². The number of aryl methyl sites for hydroxylation is 1. The molecule has 0 bridgehead atoms. The number of hydrogen-bond donors (Lipinski definition) is 1. The molecule has 1 aromatic carbocycles. The Morgan fingerprint density at radius 2 is 2.19 bits per heavy atom. The van der Waals surface area contributed by atoms with Crippen molar-refractivity contribution >= 4 is 0 Å². The predicted octanol–water partition coefficient (Wildman–Crippen LogP) is 3.48. The van der Waals surface area contributed by atoms with E-state index in [0.29, 0.717) is 6.04 Å². The molecule has 0 saturated heterocycles. The van der Waals surface area contributed by atoms with Gasteiger partial charge >= 0.3 is 0 Å². The third kappa shape index (κ3) is 2.46. The van der Waals surface area contributed by atoms with Crippen molar-refractivity contribution in [1.82, 2.24) is 5.32 Å². The highest BCUT2D eigenvalue weighted by Gasteiger charge is 2.21. The fraction of sp³-hybridized carbons (Fsp3) is 0.600. The van der Waals surface area contributed by atoms with E-state index in [1.807, 2.05) is 0 Å². The Labute approximate surface area is 99.3 Å². The van der Waals surface area contributed by atoms with Crippen molar-refractivity contribution in [3.63, 3.8) is 0 Å². The van der Waals surface area contributed by atoms with Gasteiger partial charge in [0.25, 0.3) is 0 Å². The quantitative estimate of drug-likeness (QED) is 0.814. The van der Waals surface area contributed by atoms with Crippen LogP contribution in [0.1, 0.15) is 49.9 Å². The molecule has 0 amide bonds. The van der Waals surface area contributed by atoms with E-state index in [-0.39, 0.29) is 0 Å². The first-order valence-electron chi connectivity index (χ1n) is 6.55. The van der Waals surface area contributed by atoms with E-state index in [4.69, 9.17) is 0 Å². The summed E-state index contributed by atoms with van der Waals surface area (Å²) in [6.07, 6.45) is 3.72. The molecule has 0 radical (unpaired) electrons. The van der Waals surface area contributed by atoms with E-state index < -0.39 is 0 Å². The standard InChI is InChI=1S/C15H23N/c1-4-16-15-8-7-13-6-5-12(9-11(2)3)10-14(13)15/h5-6,10-11,15-16H,4,7-9H2,1-3H3. The minimum atomic E-state index is 0.604. The third-order valence-corrected chi connectivity index (χ3v) is 3.38. The van der Waals surface area contributed by atoms with Crippen molar-refractivity contribution in [2.75, 3.05) is 6.54 Å². The van der Waals surface area contributed by atoms with Gasteiger partial charge in [-0.15, -0.1) is 0 Å². The average molecular weight is 217 g/mol. The minimum Gasteiger partial charge on any atom is -0.310 e. The summed E-state index contributed by atoms with van der Waals surface area (Å²) in [5, 5.41) is 3.58. The van der Waals surface area contributed by atoms with Crippen molar-refractivity contribution in [2.24, 2.45) is 5.92 Å². The monoisotopic (exact) mass is 217 g/mol. The van der Waals surface area contributed by atoms with Gasteiger partial charge in [0, 0.05) is 6.04 Å². The van der Waals surface area contributed by atoms with E-state index in [9.17, 15) is 0 Å². The molecule has 1 aromatic rings. The van der Waals surface area contributed by atoms with Crippen LogP contribution in [-0.4, -0.2) is 6.54 Å². The zero-order valence-electron chi connectivity index (χ0n) is 10.7. The lowest BCUT2D eigenvalue weighted by molar-refractivity contribution is 0.548. The van der Waals surface area contributed by atoms with E-state index >= 15 is 0 Å². The van der Waals surface area contributed by atoms with Crippen LogP contribution in [0.25, 0.3) is 0 Å². The van der Waals surface area contributed by atoms with Crippen molar-refractivity contribution in [1.29, 1.82) is 0 Å². The molecule has 0 saturated carbocycles. The maximum atomic E-state index is 3.58. The highest BCUT2D eigenvalue weighted by molar-refractivity contribution is 5.38. The van der Waals surface area contributed by atoms with Gasteiger partial charge in [-0.25, -0.2) is 0 Å². The highest BCUT2D eigenvalue weighted by Crippen LogP contribution is 2.32. The molecule has 1 aliphatic rings. The normalized spacial score (nSPS) is 19.1. The van der Waals surface area contributed by atoms with Crippen LogP contribution in [0.3, 0.4) is 0 Å². The second kappa shape index (κ2) is 5.01. The summed E-state index contributed by atoms with van der Waals surface area (Å²) in [5.74, 6) is 0.747. The summed E-state index contributed by atoms with van der Waals surface area (Å²) in [6.45, 7) is 7.83. The second-order valence-electron chi connectivity index (χ2n) is 5.28. The summed E-state index contributed by atoms with van der Waals surface area (Å²) in [6, 6.07) is 7.68. The first kappa shape index (κ1) is 11.7. The molecule has 1 N–H and O–H groups in total. The Morgan fingerprint density at radius 1 is 1.38 bits per heavy atom. The number of hydrogen-bond acceptors (Lipinski definition) is 1. The summed E-state index contributed by atoms with van der Waals surface area (Å²) < 4.78 is 0. The smallest absolute Gasteiger partial charge is 0.0326 e. The highest BCUT2D eigenvalue weighted by atomic mass is 14.9. The Balaban J connectivity index is 2.19. The van der Waals surface area contributed by atoms with Gasteiger partial charge in [0.15, 0.2) is 0 Å². The van der Waals surface area contributed by atoms with Crippen molar-refractivity contribution in [2.45, 2.75) is 46.1 Å². The maximum absolute atomic E-state index is 3.58. The van der Waals surface area contributed by atoms with Gasteiger partial charge < -0.3 is 5.32 Å². The number of nitrogens with one attached hydrogen (secondary N) is 1. The third-order valence-electron chi connectivity index (χ3n) is 3.38. The van der Waals surface area contributed by atoms with E-state index in [0.717, 1.165) is 12.5 Å². The molecule has 16 heavy (non-hydrogen) atoms. The van der Waals surface area contributed by atoms with Crippen molar-refractivity contribution in [3.8, 4) is 0 Å². The zero-order valence-corrected chi connectivity index (χ0v) is 10.7. The van der Waals surface area contributed by atoms with Crippen molar-refractivity contribution < 1.29 is 0 Å².